The zero-order valence-corrected chi connectivity index (χ0v) is 26.3. The molecule has 1 heterocycles. The van der Waals surface area contributed by atoms with Crippen molar-refractivity contribution in [1.82, 2.24) is 26.6 Å². The zero-order chi connectivity index (χ0) is 33.1. The molecule has 244 valence electrons. The number of benzene rings is 2. The standard InChI is InChI=1S/C33H39N5O7S/c1-34-28(21-26-9-5-20-46-26)31(42)36-22-29(41)37-27(15-10-23-7-3-2-4-8-23)32(43)38-30(33(44)35-16-6-17-39)24-11-13-25(14-12-24)45-19-18-40/h2-5,7-9,11-14,17-18,20,27-28,30,34H,6,10,15-16,19,21-22H2,1H3,(H,35,44)(H,36,42)(H,37,41)(H,38,43)/t27-,28-,30+/m1/s1. The first-order chi connectivity index (χ1) is 22.3. The second-order valence-corrected chi connectivity index (χ2v) is 11.3. The molecule has 0 radical (unpaired) electrons. The van der Waals surface area contributed by atoms with E-state index in [-0.39, 0.29) is 38.4 Å². The maximum absolute atomic E-state index is 13.7. The molecule has 3 aromatic rings. The van der Waals surface area contributed by atoms with Crippen molar-refractivity contribution in [2.45, 2.75) is 43.8 Å². The molecular weight excluding hydrogens is 610 g/mol. The molecule has 0 bridgehead atoms. The maximum Gasteiger partial charge on any atom is 0.247 e. The molecule has 0 aliphatic heterocycles. The smallest absolute Gasteiger partial charge is 0.247 e. The molecule has 0 unspecified atom stereocenters. The van der Waals surface area contributed by atoms with Gasteiger partial charge in [-0.25, -0.2) is 0 Å². The Morgan fingerprint density at radius 2 is 1.59 bits per heavy atom. The van der Waals surface area contributed by atoms with E-state index in [1.807, 2.05) is 47.8 Å². The Hall–Kier alpha value is -4.88. The Kier molecular flexibility index (Phi) is 15.1. The Morgan fingerprint density at radius 3 is 2.24 bits per heavy atom. The van der Waals surface area contributed by atoms with E-state index in [0.717, 1.165) is 10.4 Å². The lowest BCUT2D eigenvalue weighted by molar-refractivity contribution is -0.132. The number of nitrogens with one attached hydrogen (secondary N) is 5. The molecule has 5 N–H and O–H groups in total. The lowest BCUT2D eigenvalue weighted by Gasteiger charge is -2.24. The number of thiophene rings is 1. The van der Waals surface area contributed by atoms with Crippen molar-refractivity contribution >= 4 is 47.5 Å². The number of carbonyl (C=O) groups excluding carboxylic acids is 6. The van der Waals surface area contributed by atoms with Crippen LogP contribution in [0.2, 0.25) is 0 Å². The van der Waals surface area contributed by atoms with E-state index in [2.05, 4.69) is 26.6 Å². The first-order valence-corrected chi connectivity index (χ1v) is 15.7. The van der Waals surface area contributed by atoms with Gasteiger partial charge in [0.25, 0.3) is 0 Å². The first kappa shape index (κ1) is 35.6. The minimum absolute atomic E-state index is 0.0726. The van der Waals surface area contributed by atoms with Gasteiger partial charge in [0.15, 0.2) is 6.29 Å². The lowest BCUT2D eigenvalue weighted by Crippen LogP contribution is -2.53. The van der Waals surface area contributed by atoms with E-state index in [4.69, 9.17) is 4.74 Å². The van der Waals surface area contributed by atoms with Crippen LogP contribution in [-0.2, 0) is 41.6 Å². The molecule has 46 heavy (non-hydrogen) atoms. The Morgan fingerprint density at radius 1 is 0.826 bits per heavy atom. The van der Waals surface area contributed by atoms with Crippen LogP contribution < -0.4 is 31.3 Å². The highest BCUT2D eigenvalue weighted by atomic mass is 32.1. The minimum Gasteiger partial charge on any atom is -0.486 e. The molecule has 2 aromatic carbocycles. The molecule has 0 saturated heterocycles. The molecule has 4 amide bonds. The summed E-state index contributed by atoms with van der Waals surface area (Å²) in [6.07, 6.45) is 2.50. The van der Waals surface area contributed by atoms with Crippen molar-refractivity contribution in [3.05, 3.63) is 88.1 Å². The lowest BCUT2D eigenvalue weighted by atomic mass is 10.0. The molecule has 1 aromatic heterocycles. The number of hydrogen-bond donors (Lipinski definition) is 5. The molecule has 0 aliphatic rings. The van der Waals surface area contributed by atoms with Gasteiger partial charge in [-0.1, -0.05) is 48.5 Å². The summed E-state index contributed by atoms with van der Waals surface area (Å²) in [6, 6.07) is 16.8. The van der Waals surface area contributed by atoms with Crippen LogP contribution in [0.4, 0.5) is 0 Å². The van der Waals surface area contributed by atoms with Crippen LogP contribution in [-0.4, -0.2) is 75.0 Å². The van der Waals surface area contributed by atoms with Crippen molar-refractivity contribution in [1.29, 1.82) is 0 Å². The molecule has 0 spiro atoms. The summed E-state index contributed by atoms with van der Waals surface area (Å²) in [5.74, 6) is -1.70. The van der Waals surface area contributed by atoms with Gasteiger partial charge in [-0.15, -0.1) is 11.3 Å². The molecule has 13 heteroatoms. The third-order valence-corrected chi connectivity index (χ3v) is 7.83. The number of aldehydes is 2. The highest BCUT2D eigenvalue weighted by Gasteiger charge is 2.28. The third-order valence-electron chi connectivity index (χ3n) is 6.93. The summed E-state index contributed by atoms with van der Waals surface area (Å²) in [7, 11) is 1.67. The quantitative estimate of drug-likeness (QED) is 0.0899. The molecule has 3 rings (SSSR count). The van der Waals surface area contributed by atoms with E-state index in [9.17, 15) is 28.8 Å². The van der Waals surface area contributed by atoms with Crippen molar-refractivity contribution in [2.75, 3.05) is 26.7 Å². The second kappa shape index (κ2) is 19.5. The summed E-state index contributed by atoms with van der Waals surface area (Å²) in [6.45, 7) is -0.420. The number of rotatable bonds is 20. The number of ether oxygens (including phenoxy) is 1. The number of amides is 4. The maximum atomic E-state index is 13.7. The SMILES string of the molecule is CN[C@H](Cc1cccs1)C(=O)NCC(=O)N[C@H](CCc1ccccc1)C(=O)N[C@H](C(=O)NCCC=O)c1ccc(OCC=O)cc1. The van der Waals surface area contributed by atoms with E-state index in [0.29, 0.717) is 36.7 Å². The predicted octanol–water partition coefficient (Wildman–Crippen LogP) is 1.25. The van der Waals surface area contributed by atoms with E-state index in [1.54, 1.807) is 31.3 Å². The Bertz CT molecular complexity index is 1420. The number of likely N-dealkylation sites (N-methyl/N-ethyl adjacent to an activating group) is 1. The topological polar surface area (TPSA) is 172 Å². The third kappa shape index (κ3) is 11.9. The van der Waals surface area contributed by atoms with Crippen LogP contribution in [0.3, 0.4) is 0 Å². The van der Waals surface area contributed by atoms with Crippen LogP contribution in [0, 0.1) is 0 Å². The van der Waals surface area contributed by atoms with Crippen molar-refractivity contribution in [2.24, 2.45) is 0 Å². The van der Waals surface area contributed by atoms with Gasteiger partial charge in [0.05, 0.1) is 12.6 Å². The minimum atomic E-state index is -1.16. The van der Waals surface area contributed by atoms with Gasteiger partial charge in [0, 0.05) is 24.3 Å². The zero-order valence-electron chi connectivity index (χ0n) is 25.5. The van der Waals surface area contributed by atoms with Gasteiger partial charge in [0.2, 0.25) is 23.6 Å². The van der Waals surface area contributed by atoms with Gasteiger partial charge < -0.3 is 36.1 Å². The fourth-order valence-corrected chi connectivity index (χ4v) is 5.25. The molecule has 0 saturated carbocycles. The summed E-state index contributed by atoms with van der Waals surface area (Å²) >= 11 is 1.53. The summed E-state index contributed by atoms with van der Waals surface area (Å²) < 4.78 is 5.28. The largest absolute Gasteiger partial charge is 0.486 e. The van der Waals surface area contributed by atoms with Crippen LogP contribution in [0.25, 0.3) is 0 Å². The van der Waals surface area contributed by atoms with Crippen LogP contribution >= 0.6 is 11.3 Å². The molecule has 3 atom stereocenters. The van der Waals surface area contributed by atoms with E-state index in [1.165, 1.54) is 11.3 Å². The summed E-state index contributed by atoms with van der Waals surface area (Å²) in [4.78, 5) is 75.1. The first-order valence-electron chi connectivity index (χ1n) is 14.8. The van der Waals surface area contributed by atoms with Crippen LogP contribution in [0.5, 0.6) is 5.75 Å². The average Bonchev–Trinajstić information content (AvgIpc) is 3.60. The van der Waals surface area contributed by atoms with Gasteiger partial charge in [-0.2, -0.15) is 0 Å². The van der Waals surface area contributed by atoms with Gasteiger partial charge >= 0.3 is 0 Å². The highest BCUT2D eigenvalue weighted by molar-refractivity contribution is 7.09. The van der Waals surface area contributed by atoms with E-state index >= 15 is 0 Å². The number of aryl methyl sites for hydroxylation is 1. The van der Waals surface area contributed by atoms with Gasteiger partial charge in [-0.05, 0) is 54.6 Å². The molecular formula is C33H39N5O7S. The number of hydrogen-bond acceptors (Lipinski definition) is 9. The van der Waals surface area contributed by atoms with Crippen LogP contribution in [0.15, 0.2) is 72.1 Å². The van der Waals surface area contributed by atoms with Crippen molar-refractivity contribution < 1.29 is 33.5 Å². The molecule has 12 nitrogen and oxygen atoms in total. The van der Waals surface area contributed by atoms with Gasteiger partial charge in [0.1, 0.15) is 30.7 Å². The normalized spacial score (nSPS) is 12.5. The van der Waals surface area contributed by atoms with Crippen LogP contribution in [0.1, 0.15) is 34.9 Å². The summed E-state index contributed by atoms with van der Waals surface area (Å²) in [5, 5.41) is 15.6. The van der Waals surface area contributed by atoms with E-state index < -0.39 is 35.8 Å². The molecule has 0 fully saturated rings. The monoisotopic (exact) mass is 649 g/mol. The fraction of sp³-hybridized carbons (Fsp3) is 0.333. The number of carbonyl (C=O) groups is 6. The van der Waals surface area contributed by atoms with Crippen molar-refractivity contribution in [3.8, 4) is 5.75 Å². The van der Waals surface area contributed by atoms with Crippen molar-refractivity contribution in [3.63, 3.8) is 0 Å². The summed E-state index contributed by atoms with van der Waals surface area (Å²) in [5.41, 5.74) is 1.36. The fourth-order valence-electron chi connectivity index (χ4n) is 4.50. The molecule has 0 aliphatic carbocycles. The predicted molar refractivity (Wildman–Crippen MR) is 173 cm³/mol. The second-order valence-electron chi connectivity index (χ2n) is 10.2. The Labute approximate surface area is 271 Å². The average molecular weight is 650 g/mol. The highest BCUT2D eigenvalue weighted by Crippen LogP contribution is 2.19. The Balaban J connectivity index is 1.73. The van der Waals surface area contributed by atoms with Gasteiger partial charge in [-0.3, -0.25) is 24.0 Å².